The molecule has 0 spiro atoms. The first-order valence-electron chi connectivity index (χ1n) is 21.9. The zero-order valence-corrected chi connectivity index (χ0v) is 35.7. The van der Waals surface area contributed by atoms with Gasteiger partial charge in [-0.05, 0) is 134 Å². The van der Waals surface area contributed by atoms with Gasteiger partial charge in [0, 0.05) is 50.6 Å². The third-order valence-electron chi connectivity index (χ3n) is 13.4. The van der Waals surface area contributed by atoms with Crippen LogP contribution in [0.1, 0.15) is 82.4 Å². The van der Waals surface area contributed by atoms with Gasteiger partial charge in [-0.15, -0.1) is 11.6 Å². The van der Waals surface area contributed by atoms with E-state index >= 15 is 4.39 Å². The lowest BCUT2D eigenvalue weighted by Gasteiger charge is -2.44. The number of amides is 4. The summed E-state index contributed by atoms with van der Waals surface area (Å²) in [5.74, 6) is -0.872. The molecule has 2 bridgehead atoms. The van der Waals surface area contributed by atoms with Crippen molar-refractivity contribution in [1.82, 2.24) is 20.0 Å². The second kappa shape index (κ2) is 18.1. The number of aromatic hydroxyl groups is 2. The number of allylic oxidation sites excluding steroid dienone is 1. The molecule has 4 fully saturated rings. The van der Waals surface area contributed by atoms with E-state index in [1.807, 2.05) is 48.5 Å². The average molecular weight is 876 g/mol. The van der Waals surface area contributed by atoms with Crippen LogP contribution in [0.4, 0.5) is 10.1 Å². The molecule has 63 heavy (non-hydrogen) atoms. The van der Waals surface area contributed by atoms with Crippen molar-refractivity contribution in [3.63, 3.8) is 0 Å². The molecule has 5 aliphatic heterocycles. The number of ether oxygens (including phenoxy) is 1. The van der Waals surface area contributed by atoms with E-state index in [0.29, 0.717) is 30.5 Å². The topological polar surface area (TPSA) is 143 Å². The molecule has 12 nitrogen and oxygen atoms in total. The van der Waals surface area contributed by atoms with Crippen LogP contribution in [-0.2, 0) is 9.59 Å². The first-order chi connectivity index (χ1) is 30.5. The first kappa shape index (κ1) is 42.5. The van der Waals surface area contributed by atoms with Crippen molar-refractivity contribution in [3.05, 3.63) is 119 Å². The monoisotopic (exact) mass is 875 g/mol. The van der Waals surface area contributed by atoms with E-state index in [-0.39, 0.29) is 47.6 Å². The molecule has 4 aromatic rings. The van der Waals surface area contributed by atoms with E-state index in [9.17, 15) is 29.4 Å². The lowest BCUT2D eigenvalue weighted by atomic mass is 9.88. The molecule has 3 unspecified atom stereocenters. The summed E-state index contributed by atoms with van der Waals surface area (Å²) in [4.78, 5) is 58.9. The second-order valence-electron chi connectivity index (χ2n) is 17.4. The highest BCUT2D eigenvalue weighted by molar-refractivity contribution is 6.24. The molecule has 4 amide bonds. The highest BCUT2D eigenvalue weighted by Crippen LogP contribution is 2.41. The Morgan fingerprint density at radius 2 is 1.33 bits per heavy atom. The zero-order valence-electron chi connectivity index (χ0n) is 35.0. The van der Waals surface area contributed by atoms with Crippen molar-refractivity contribution < 1.29 is 38.5 Å². The molecule has 328 valence electrons. The number of hydrogen-bond acceptors (Lipinski definition) is 10. The molecular weight excluding hydrogens is 825 g/mol. The van der Waals surface area contributed by atoms with Gasteiger partial charge in [0.1, 0.15) is 35.7 Å². The van der Waals surface area contributed by atoms with Crippen molar-refractivity contribution in [2.24, 2.45) is 5.92 Å². The molecule has 0 saturated carbocycles. The third kappa shape index (κ3) is 8.78. The van der Waals surface area contributed by atoms with E-state index in [2.05, 4.69) is 20.0 Å². The maximum absolute atomic E-state index is 15.8. The quantitative estimate of drug-likeness (QED) is 0.0758. The number of anilines is 1. The van der Waals surface area contributed by atoms with E-state index in [1.165, 1.54) is 6.07 Å². The third-order valence-corrected chi connectivity index (χ3v) is 13.6. The van der Waals surface area contributed by atoms with Gasteiger partial charge in [-0.25, -0.2) is 4.39 Å². The van der Waals surface area contributed by atoms with E-state index < -0.39 is 35.5 Å². The number of likely N-dealkylation sites (tertiary alicyclic amines) is 2. The van der Waals surface area contributed by atoms with Crippen LogP contribution in [0.25, 0.3) is 11.1 Å². The minimum atomic E-state index is -1.09. The fourth-order valence-electron chi connectivity index (χ4n) is 10.3. The Kier molecular flexibility index (Phi) is 12.3. The maximum atomic E-state index is 15.8. The minimum Gasteiger partial charge on any atom is -0.508 e. The van der Waals surface area contributed by atoms with Gasteiger partial charge in [-0.1, -0.05) is 36.4 Å². The van der Waals surface area contributed by atoms with E-state index in [0.717, 1.165) is 110 Å². The summed E-state index contributed by atoms with van der Waals surface area (Å²) in [6.07, 6.45) is 4.68. The van der Waals surface area contributed by atoms with Crippen molar-refractivity contribution in [1.29, 1.82) is 0 Å². The highest BCUT2D eigenvalue weighted by atomic mass is 35.5. The Morgan fingerprint density at radius 1 is 0.746 bits per heavy atom. The molecule has 5 aliphatic rings. The summed E-state index contributed by atoms with van der Waals surface area (Å²) in [7, 11) is 0. The highest BCUT2D eigenvalue weighted by Gasteiger charge is 2.47. The Balaban J connectivity index is 0.770. The van der Waals surface area contributed by atoms with Gasteiger partial charge in [0.15, 0.2) is 0 Å². The number of hydrogen-bond donors (Lipinski definition) is 3. The van der Waals surface area contributed by atoms with Gasteiger partial charge < -0.3 is 19.8 Å². The Hall–Kier alpha value is -5.76. The SMILES string of the molecule is O=C1CCC(N2C(=O)c3cc(F)c(N4C5CCC4CN(CC4CCN(CCOc6ccc(C(=C(CCCl)c7ccc(O)cc7)c7ccc(O)cc7)cc6)CC4)C5)cc3C2=O)C(=O)N1. The molecule has 0 aliphatic carbocycles. The molecule has 3 N–H and O–H groups in total. The summed E-state index contributed by atoms with van der Waals surface area (Å²) in [6, 6.07) is 24.1. The molecule has 14 heteroatoms. The molecule has 9 rings (SSSR count). The summed E-state index contributed by atoms with van der Waals surface area (Å²) in [5.41, 5.74) is 5.31. The number of imide groups is 2. The molecule has 4 aromatic carbocycles. The summed E-state index contributed by atoms with van der Waals surface area (Å²) in [5, 5.41) is 22.1. The number of carbonyl (C=O) groups is 4. The predicted octanol–water partition coefficient (Wildman–Crippen LogP) is 6.67. The van der Waals surface area contributed by atoms with Crippen LogP contribution < -0.4 is 15.0 Å². The molecule has 0 radical (unpaired) electrons. The lowest BCUT2D eigenvalue weighted by molar-refractivity contribution is -0.136. The van der Waals surface area contributed by atoms with Gasteiger partial charge in [0.2, 0.25) is 11.8 Å². The van der Waals surface area contributed by atoms with Crippen molar-refractivity contribution in [2.45, 2.75) is 63.1 Å². The molecule has 0 aromatic heterocycles. The number of piperidine rings is 2. The average Bonchev–Trinajstić information content (AvgIpc) is 3.67. The van der Waals surface area contributed by atoms with E-state index in [1.54, 1.807) is 24.3 Å². The lowest BCUT2D eigenvalue weighted by Crippen LogP contribution is -2.55. The van der Waals surface area contributed by atoms with Crippen LogP contribution in [0, 0.1) is 11.7 Å². The van der Waals surface area contributed by atoms with Gasteiger partial charge in [0.25, 0.3) is 11.8 Å². The first-order valence-corrected chi connectivity index (χ1v) is 22.5. The number of rotatable bonds is 13. The second-order valence-corrected chi connectivity index (χ2v) is 17.7. The van der Waals surface area contributed by atoms with Crippen LogP contribution in [-0.4, -0.2) is 118 Å². The number of nitrogens with one attached hydrogen (secondary N) is 1. The number of phenolic OH excluding ortho intramolecular Hbond substituents is 2. The number of phenols is 2. The number of fused-ring (bicyclic) bond motifs is 3. The number of benzene rings is 4. The Morgan fingerprint density at radius 3 is 1.94 bits per heavy atom. The molecular formula is C49H51ClFN5O7. The fraction of sp³-hybridized carbons (Fsp3) is 0.388. The zero-order chi connectivity index (χ0) is 43.8. The van der Waals surface area contributed by atoms with Gasteiger partial charge in [0.05, 0.1) is 16.8 Å². The number of alkyl halides is 1. The van der Waals surface area contributed by atoms with Crippen LogP contribution in [0.15, 0.2) is 84.9 Å². The van der Waals surface area contributed by atoms with Gasteiger partial charge in [-0.3, -0.25) is 39.2 Å². The maximum Gasteiger partial charge on any atom is 0.262 e. The van der Waals surface area contributed by atoms with Gasteiger partial charge >= 0.3 is 0 Å². The van der Waals surface area contributed by atoms with Gasteiger partial charge in [-0.2, -0.15) is 0 Å². The smallest absolute Gasteiger partial charge is 0.262 e. The van der Waals surface area contributed by atoms with Crippen LogP contribution in [0.5, 0.6) is 17.2 Å². The number of nitrogens with zero attached hydrogens (tertiary/aromatic N) is 4. The number of carbonyl (C=O) groups excluding carboxylic acids is 4. The minimum absolute atomic E-state index is 0.0229. The Bertz CT molecular complexity index is 2410. The molecule has 4 saturated heterocycles. The van der Waals surface area contributed by atoms with Crippen molar-refractivity contribution >= 4 is 52.1 Å². The molecule has 3 atom stereocenters. The van der Waals surface area contributed by atoms with Crippen LogP contribution in [0.2, 0.25) is 0 Å². The standard InChI is InChI=1S/C49H51ClFN5O7/c50-20-17-39(31-1-9-36(57)10-2-31)46(32-3-11-37(58)12-4-32)33-5-13-38(14-6-33)63-24-23-53-21-18-30(19-22-53)27-54-28-34-7-8-35(29-54)55(34)44-26-41-40(25-42(44)51)48(61)56(49(41)62)43-15-16-45(59)52-47(43)60/h1-6,9-14,25-26,30,34-35,43,57-58H,7-8,15-24,27-29H2,(H,52,59,60). The normalized spacial score (nSPS) is 22.3. The summed E-state index contributed by atoms with van der Waals surface area (Å²) in [6.45, 7) is 5.95. The fourth-order valence-corrected chi connectivity index (χ4v) is 10.5. The Labute approximate surface area is 370 Å². The van der Waals surface area contributed by atoms with Crippen molar-refractivity contribution in [2.75, 3.05) is 56.7 Å². The largest absolute Gasteiger partial charge is 0.508 e. The molecule has 5 heterocycles. The predicted molar refractivity (Wildman–Crippen MR) is 237 cm³/mol. The van der Waals surface area contributed by atoms with Crippen LogP contribution in [0.3, 0.4) is 0 Å². The van der Waals surface area contributed by atoms with E-state index in [4.69, 9.17) is 16.3 Å². The summed E-state index contributed by atoms with van der Waals surface area (Å²) < 4.78 is 22.1. The van der Waals surface area contributed by atoms with Crippen LogP contribution >= 0.6 is 11.6 Å². The number of halogens is 2. The van der Waals surface area contributed by atoms with Crippen molar-refractivity contribution in [3.8, 4) is 17.2 Å². The summed E-state index contributed by atoms with van der Waals surface area (Å²) >= 11 is 6.31. The number of piperazine rings is 1.